The largest absolute Gasteiger partial charge is 0.385 e. The number of imidazole rings is 1. The number of likely N-dealkylation sites (tertiary alicyclic amines) is 1. The van der Waals surface area contributed by atoms with E-state index >= 15 is 0 Å². The van der Waals surface area contributed by atoms with Crippen LogP contribution in [0.5, 0.6) is 0 Å². The molecule has 0 aromatic carbocycles. The summed E-state index contributed by atoms with van der Waals surface area (Å²) in [5.74, 6) is 1.14. The minimum Gasteiger partial charge on any atom is -0.385 e. The van der Waals surface area contributed by atoms with Crippen LogP contribution < -0.4 is 0 Å². The van der Waals surface area contributed by atoms with Crippen LogP contribution in [-0.2, 0) is 26.4 Å². The van der Waals surface area contributed by atoms with E-state index in [1.807, 2.05) is 29.1 Å². The lowest BCUT2D eigenvalue weighted by atomic mass is 9.90. The first-order valence-corrected chi connectivity index (χ1v) is 10.5. The predicted octanol–water partition coefficient (Wildman–Crippen LogP) is 3.70. The van der Waals surface area contributed by atoms with E-state index in [4.69, 9.17) is 0 Å². The van der Waals surface area contributed by atoms with Crippen LogP contribution in [0.1, 0.15) is 59.4 Å². The highest BCUT2D eigenvalue weighted by Crippen LogP contribution is 2.33. The smallest absolute Gasteiger partial charge is 0.137 e. The summed E-state index contributed by atoms with van der Waals surface area (Å²) in [6.45, 7) is 3.24. The Hall–Kier alpha value is -1.17. The molecule has 2 aromatic heterocycles. The number of piperidine rings is 1. The van der Waals surface area contributed by atoms with Crippen LogP contribution in [0, 0.1) is 5.92 Å². The van der Waals surface area contributed by atoms with Crippen molar-refractivity contribution in [1.29, 1.82) is 0 Å². The molecule has 1 N–H and O–H groups in total. The summed E-state index contributed by atoms with van der Waals surface area (Å²) in [6.07, 6.45) is 12.1. The molecule has 4 rings (SSSR count). The molecule has 0 spiro atoms. The Kier molecular flexibility index (Phi) is 5.25. The van der Waals surface area contributed by atoms with Gasteiger partial charge in [0.1, 0.15) is 11.9 Å². The Labute approximate surface area is 154 Å². The van der Waals surface area contributed by atoms with Gasteiger partial charge < -0.3 is 9.67 Å². The second kappa shape index (κ2) is 7.60. The van der Waals surface area contributed by atoms with Gasteiger partial charge in [0.15, 0.2) is 0 Å². The van der Waals surface area contributed by atoms with Crippen LogP contribution in [0.25, 0.3) is 0 Å². The van der Waals surface area contributed by atoms with Gasteiger partial charge >= 0.3 is 0 Å². The molecule has 0 bridgehead atoms. The van der Waals surface area contributed by atoms with Gasteiger partial charge in [-0.15, -0.1) is 11.3 Å². The van der Waals surface area contributed by atoms with Gasteiger partial charge in [-0.1, -0.05) is 6.42 Å². The van der Waals surface area contributed by atoms with E-state index in [0.717, 1.165) is 38.3 Å². The van der Waals surface area contributed by atoms with Crippen LogP contribution in [0.4, 0.5) is 0 Å². The second-order valence-electron chi connectivity index (χ2n) is 7.68. The molecular weight excluding hydrogens is 330 g/mol. The third-order valence-corrected chi connectivity index (χ3v) is 7.10. The molecule has 1 fully saturated rings. The molecule has 1 saturated heterocycles. The molecule has 0 radical (unpaired) electrons. The van der Waals surface area contributed by atoms with Crippen molar-refractivity contribution in [1.82, 2.24) is 14.5 Å². The van der Waals surface area contributed by atoms with E-state index in [0.29, 0.717) is 5.92 Å². The molecule has 5 heteroatoms. The van der Waals surface area contributed by atoms with E-state index in [9.17, 15) is 5.11 Å². The molecule has 136 valence electrons. The zero-order valence-electron chi connectivity index (χ0n) is 15.2. The monoisotopic (exact) mass is 359 g/mol. The number of thiophene rings is 1. The maximum atomic E-state index is 10.6. The molecule has 1 aliphatic carbocycles. The van der Waals surface area contributed by atoms with Crippen LogP contribution in [0.3, 0.4) is 0 Å². The Morgan fingerprint density at radius 1 is 1.24 bits per heavy atom. The fourth-order valence-corrected chi connectivity index (χ4v) is 5.63. The van der Waals surface area contributed by atoms with Crippen LogP contribution >= 0.6 is 11.3 Å². The van der Waals surface area contributed by atoms with Crippen LogP contribution in [-0.4, -0.2) is 32.6 Å². The molecule has 1 aliphatic heterocycles. The maximum absolute atomic E-state index is 10.6. The van der Waals surface area contributed by atoms with Crippen LogP contribution in [0.2, 0.25) is 0 Å². The Balaban J connectivity index is 1.32. The van der Waals surface area contributed by atoms with Crippen molar-refractivity contribution in [2.24, 2.45) is 13.0 Å². The fourth-order valence-electron chi connectivity index (χ4n) is 4.33. The zero-order chi connectivity index (χ0) is 17.2. The quantitative estimate of drug-likeness (QED) is 0.847. The van der Waals surface area contributed by atoms with Gasteiger partial charge in [-0.25, -0.2) is 4.98 Å². The summed E-state index contributed by atoms with van der Waals surface area (Å²) in [5.41, 5.74) is 1.62. The van der Waals surface area contributed by atoms with E-state index in [1.54, 1.807) is 16.6 Å². The topological polar surface area (TPSA) is 41.3 Å². The number of rotatable bonds is 4. The highest BCUT2D eigenvalue weighted by atomic mass is 32.1. The van der Waals surface area contributed by atoms with Gasteiger partial charge in [-0.2, -0.15) is 0 Å². The number of nitrogens with zero attached hydrogens (tertiary/aromatic N) is 3. The van der Waals surface area contributed by atoms with Crippen molar-refractivity contribution >= 4 is 11.3 Å². The number of aliphatic hydroxyl groups is 1. The Morgan fingerprint density at radius 3 is 2.80 bits per heavy atom. The number of aryl methyl sites for hydroxylation is 3. The van der Waals surface area contributed by atoms with E-state index in [2.05, 4.69) is 16.0 Å². The number of aromatic nitrogens is 2. The molecule has 0 amide bonds. The van der Waals surface area contributed by atoms with Crippen LogP contribution in [0.15, 0.2) is 18.5 Å². The second-order valence-corrected chi connectivity index (χ2v) is 8.90. The molecule has 2 aromatic rings. The highest BCUT2D eigenvalue weighted by molar-refractivity contribution is 7.12. The Morgan fingerprint density at radius 2 is 2.04 bits per heavy atom. The van der Waals surface area contributed by atoms with E-state index in [-0.39, 0.29) is 0 Å². The normalized spacial score (nSPS) is 21.0. The summed E-state index contributed by atoms with van der Waals surface area (Å²) >= 11 is 2.05. The lowest BCUT2D eigenvalue weighted by molar-refractivity contribution is 0.0494. The lowest BCUT2D eigenvalue weighted by Gasteiger charge is -2.33. The summed E-state index contributed by atoms with van der Waals surface area (Å²) in [5, 5.41) is 10.6. The molecule has 3 heterocycles. The highest BCUT2D eigenvalue weighted by Gasteiger charge is 2.28. The first-order chi connectivity index (χ1) is 12.2. The van der Waals surface area contributed by atoms with Crippen molar-refractivity contribution in [3.05, 3.63) is 39.6 Å². The Bertz CT molecular complexity index is 676. The van der Waals surface area contributed by atoms with Crippen molar-refractivity contribution in [3.63, 3.8) is 0 Å². The minimum absolute atomic E-state index is 0.331. The minimum atomic E-state index is -0.431. The number of hydrogen-bond donors (Lipinski definition) is 1. The summed E-state index contributed by atoms with van der Waals surface area (Å²) in [6, 6.07) is 2.47. The molecule has 2 aliphatic rings. The average Bonchev–Trinajstić information content (AvgIpc) is 3.15. The van der Waals surface area contributed by atoms with Gasteiger partial charge in [-0.3, -0.25) is 4.90 Å². The average molecular weight is 360 g/mol. The molecular formula is C20H29N3OS. The number of aliphatic hydroxyl groups excluding tert-OH is 1. The van der Waals surface area contributed by atoms with E-state index in [1.165, 1.54) is 37.0 Å². The third-order valence-electron chi connectivity index (χ3n) is 5.88. The first kappa shape index (κ1) is 17.3. The number of fused-ring (bicyclic) bond motifs is 1. The van der Waals surface area contributed by atoms with Crippen molar-refractivity contribution in [3.8, 4) is 0 Å². The molecule has 4 nitrogen and oxygen atoms in total. The van der Waals surface area contributed by atoms with Crippen molar-refractivity contribution in [2.75, 3.05) is 13.1 Å². The van der Waals surface area contributed by atoms with E-state index < -0.39 is 6.10 Å². The zero-order valence-corrected chi connectivity index (χ0v) is 16.0. The van der Waals surface area contributed by atoms with Gasteiger partial charge in [0, 0.05) is 35.7 Å². The summed E-state index contributed by atoms with van der Waals surface area (Å²) in [4.78, 5) is 10.1. The molecule has 25 heavy (non-hydrogen) atoms. The van der Waals surface area contributed by atoms with Gasteiger partial charge in [0.05, 0.1) is 0 Å². The third kappa shape index (κ3) is 3.83. The van der Waals surface area contributed by atoms with Gasteiger partial charge in [0.25, 0.3) is 0 Å². The summed E-state index contributed by atoms with van der Waals surface area (Å²) in [7, 11) is 1.96. The van der Waals surface area contributed by atoms with Crippen molar-refractivity contribution < 1.29 is 5.11 Å². The number of hydrogen-bond acceptors (Lipinski definition) is 4. The first-order valence-electron chi connectivity index (χ1n) is 9.69. The SMILES string of the molecule is Cn1ccnc1C(O)C1CCN(Cc2cc3c(s2)CCCCC3)CC1. The van der Waals surface area contributed by atoms with Gasteiger partial charge in [-0.05, 0) is 69.2 Å². The maximum Gasteiger partial charge on any atom is 0.137 e. The lowest BCUT2D eigenvalue weighted by Crippen LogP contribution is -2.35. The standard InChI is InChI=1S/C20H29N3OS/c1-22-12-9-21-20(22)19(24)15-7-10-23(11-8-15)14-17-13-16-5-3-2-4-6-18(16)25-17/h9,12-13,15,19,24H,2-8,10-11,14H2,1H3. The summed E-state index contributed by atoms with van der Waals surface area (Å²) < 4.78 is 1.94. The molecule has 0 saturated carbocycles. The van der Waals surface area contributed by atoms with Gasteiger partial charge in [0.2, 0.25) is 0 Å². The molecule has 1 unspecified atom stereocenters. The predicted molar refractivity (Wildman–Crippen MR) is 102 cm³/mol. The van der Waals surface area contributed by atoms with Crippen molar-refractivity contribution in [2.45, 2.75) is 57.6 Å². The molecule has 1 atom stereocenters. The fraction of sp³-hybridized carbons (Fsp3) is 0.650.